The van der Waals surface area contributed by atoms with Crippen LogP contribution in [-0.4, -0.2) is 16.9 Å². The molecule has 5 heteroatoms. The fourth-order valence-electron chi connectivity index (χ4n) is 2.30. The van der Waals surface area contributed by atoms with Gasteiger partial charge in [0.2, 0.25) is 11.8 Å². The zero-order valence-corrected chi connectivity index (χ0v) is 13.2. The maximum atomic E-state index is 12.2. The molecule has 0 radical (unpaired) electrons. The normalized spacial score (nSPS) is 13.0. The minimum Gasteiger partial charge on any atom is -0.385 e. The third-order valence-electron chi connectivity index (χ3n) is 3.37. The fraction of sp³-hybridized carbons (Fsp3) is 0.222. The Bertz CT molecular complexity index is 696. The first-order valence-electron chi connectivity index (χ1n) is 7.32. The van der Waals surface area contributed by atoms with E-state index in [0.717, 1.165) is 0 Å². The van der Waals surface area contributed by atoms with Gasteiger partial charge in [-0.2, -0.15) is 0 Å². The van der Waals surface area contributed by atoms with Gasteiger partial charge in [-0.15, -0.1) is 0 Å². The monoisotopic (exact) mass is 312 g/mol. The van der Waals surface area contributed by atoms with Crippen molar-refractivity contribution in [3.63, 3.8) is 0 Å². The lowest BCUT2D eigenvalue weighted by atomic mass is 9.92. The molecule has 2 aromatic rings. The minimum atomic E-state index is -1.25. The van der Waals surface area contributed by atoms with E-state index in [0.29, 0.717) is 16.9 Å². The SMILES string of the molecule is CC(=O)Nc1cccc(NC(=O)CC(C)(O)c2ccccc2)c1. The van der Waals surface area contributed by atoms with Crippen molar-refractivity contribution in [3.05, 3.63) is 60.2 Å². The highest BCUT2D eigenvalue weighted by atomic mass is 16.3. The van der Waals surface area contributed by atoms with E-state index in [9.17, 15) is 14.7 Å². The molecule has 0 aliphatic rings. The van der Waals surface area contributed by atoms with E-state index in [1.165, 1.54) is 6.92 Å². The second kappa shape index (κ2) is 7.07. The molecule has 0 spiro atoms. The number of hydrogen-bond acceptors (Lipinski definition) is 3. The molecule has 1 unspecified atom stereocenters. The van der Waals surface area contributed by atoms with Crippen LogP contribution >= 0.6 is 0 Å². The molecule has 0 aliphatic carbocycles. The van der Waals surface area contributed by atoms with Crippen LogP contribution in [0.5, 0.6) is 0 Å². The van der Waals surface area contributed by atoms with E-state index in [-0.39, 0.29) is 18.2 Å². The molecular formula is C18H20N2O3. The van der Waals surface area contributed by atoms with Gasteiger partial charge >= 0.3 is 0 Å². The number of carbonyl (C=O) groups is 2. The smallest absolute Gasteiger partial charge is 0.227 e. The second-order valence-corrected chi connectivity index (χ2v) is 5.63. The molecular weight excluding hydrogens is 292 g/mol. The molecule has 2 aromatic carbocycles. The standard InChI is InChI=1S/C18H20N2O3/c1-13(21)19-15-9-6-10-16(11-15)20-17(22)12-18(2,23)14-7-4-3-5-8-14/h3-11,23H,12H2,1-2H3,(H,19,21)(H,20,22). The number of amides is 2. The van der Waals surface area contributed by atoms with Gasteiger partial charge in [-0.25, -0.2) is 0 Å². The number of rotatable bonds is 5. The lowest BCUT2D eigenvalue weighted by Crippen LogP contribution is -2.28. The highest BCUT2D eigenvalue weighted by molar-refractivity contribution is 5.93. The average molecular weight is 312 g/mol. The van der Waals surface area contributed by atoms with E-state index in [1.54, 1.807) is 43.3 Å². The maximum Gasteiger partial charge on any atom is 0.227 e. The van der Waals surface area contributed by atoms with Crippen LogP contribution in [0.25, 0.3) is 0 Å². The Morgan fingerprint density at radius 1 is 1.00 bits per heavy atom. The molecule has 0 heterocycles. The van der Waals surface area contributed by atoms with Gasteiger partial charge in [-0.05, 0) is 30.7 Å². The van der Waals surface area contributed by atoms with Crippen LogP contribution in [0.2, 0.25) is 0 Å². The minimum absolute atomic E-state index is 0.0681. The number of anilines is 2. The Kier molecular flexibility index (Phi) is 5.13. The maximum absolute atomic E-state index is 12.2. The number of nitrogens with one attached hydrogen (secondary N) is 2. The van der Waals surface area contributed by atoms with Crippen LogP contribution in [0.4, 0.5) is 11.4 Å². The van der Waals surface area contributed by atoms with Crippen molar-refractivity contribution in [3.8, 4) is 0 Å². The summed E-state index contributed by atoms with van der Waals surface area (Å²) in [6, 6.07) is 15.9. The summed E-state index contributed by atoms with van der Waals surface area (Å²) >= 11 is 0. The molecule has 0 aromatic heterocycles. The molecule has 1 atom stereocenters. The fourth-order valence-corrected chi connectivity index (χ4v) is 2.30. The summed E-state index contributed by atoms with van der Waals surface area (Å²) < 4.78 is 0. The van der Waals surface area contributed by atoms with Gasteiger partial charge in [-0.1, -0.05) is 36.4 Å². The Morgan fingerprint density at radius 2 is 1.61 bits per heavy atom. The summed E-state index contributed by atoms with van der Waals surface area (Å²) in [5.74, 6) is -0.487. The first-order valence-corrected chi connectivity index (χ1v) is 7.32. The number of aliphatic hydroxyl groups is 1. The van der Waals surface area contributed by atoms with E-state index in [4.69, 9.17) is 0 Å². The van der Waals surface area contributed by atoms with E-state index in [2.05, 4.69) is 10.6 Å². The summed E-state index contributed by atoms with van der Waals surface area (Å²) in [4.78, 5) is 23.2. The predicted octanol–water partition coefficient (Wildman–Crippen LogP) is 2.88. The van der Waals surface area contributed by atoms with Crippen LogP contribution in [0.3, 0.4) is 0 Å². The average Bonchev–Trinajstić information content (AvgIpc) is 2.47. The van der Waals surface area contributed by atoms with Crippen LogP contribution in [0.1, 0.15) is 25.8 Å². The van der Waals surface area contributed by atoms with Crippen molar-refractivity contribution in [1.82, 2.24) is 0 Å². The van der Waals surface area contributed by atoms with E-state index in [1.807, 2.05) is 18.2 Å². The van der Waals surface area contributed by atoms with Gasteiger partial charge in [0, 0.05) is 18.3 Å². The van der Waals surface area contributed by atoms with Crippen molar-refractivity contribution >= 4 is 23.2 Å². The summed E-state index contributed by atoms with van der Waals surface area (Å²) in [7, 11) is 0. The molecule has 0 fully saturated rings. The lowest BCUT2D eigenvalue weighted by molar-refractivity contribution is -0.120. The van der Waals surface area contributed by atoms with Gasteiger partial charge in [-0.3, -0.25) is 9.59 Å². The molecule has 2 amide bonds. The zero-order chi connectivity index (χ0) is 16.9. The molecule has 23 heavy (non-hydrogen) atoms. The van der Waals surface area contributed by atoms with E-state index >= 15 is 0 Å². The van der Waals surface area contributed by atoms with Gasteiger partial charge in [0.05, 0.1) is 12.0 Å². The van der Waals surface area contributed by atoms with Gasteiger partial charge in [0.15, 0.2) is 0 Å². The molecule has 3 N–H and O–H groups in total. The van der Waals surface area contributed by atoms with Gasteiger partial charge in [0.1, 0.15) is 0 Å². The van der Waals surface area contributed by atoms with Gasteiger partial charge in [0.25, 0.3) is 0 Å². The number of carbonyl (C=O) groups excluding carboxylic acids is 2. The first kappa shape index (κ1) is 16.7. The number of benzene rings is 2. The molecule has 0 saturated heterocycles. The van der Waals surface area contributed by atoms with Crippen LogP contribution in [-0.2, 0) is 15.2 Å². The van der Waals surface area contributed by atoms with Crippen molar-refractivity contribution in [2.24, 2.45) is 0 Å². The molecule has 0 bridgehead atoms. The quantitative estimate of drug-likeness (QED) is 0.794. The Labute approximate surface area is 135 Å². The Morgan fingerprint density at radius 3 is 2.22 bits per heavy atom. The van der Waals surface area contributed by atoms with Crippen LogP contribution in [0.15, 0.2) is 54.6 Å². The topological polar surface area (TPSA) is 78.4 Å². The molecule has 120 valence electrons. The summed E-state index contributed by atoms with van der Waals surface area (Å²) in [6.07, 6.45) is -0.0681. The summed E-state index contributed by atoms with van der Waals surface area (Å²) in [5, 5.41) is 15.9. The highest BCUT2D eigenvalue weighted by Gasteiger charge is 2.26. The summed E-state index contributed by atoms with van der Waals surface area (Å²) in [6.45, 7) is 3.03. The van der Waals surface area contributed by atoms with E-state index < -0.39 is 5.60 Å². The largest absolute Gasteiger partial charge is 0.385 e. The number of hydrogen-bond donors (Lipinski definition) is 3. The van der Waals surface area contributed by atoms with Crippen molar-refractivity contribution in [1.29, 1.82) is 0 Å². The zero-order valence-electron chi connectivity index (χ0n) is 13.2. The molecule has 0 saturated carbocycles. The second-order valence-electron chi connectivity index (χ2n) is 5.63. The molecule has 0 aliphatic heterocycles. The third-order valence-corrected chi connectivity index (χ3v) is 3.37. The van der Waals surface area contributed by atoms with Gasteiger partial charge < -0.3 is 15.7 Å². The third kappa shape index (κ3) is 4.93. The Balaban J connectivity index is 2.03. The van der Waals surface area contributed by atoms with Crippen molar-refractivity contribution in [2.45, 2.75) is 25.9 Å². The lowest BCUT2D eigenvalue weighted by Gasteiger charge is -2.23. The Hall–Kier alpha value is -2.66. The molecule has 2 rings (SSSR count). The van der Waals surface area contributed by atoms with Crippen molar-refractivity contribution < 1.29 is 14.7 Å². The van der Waals surface area contributed by atoms with Crippen molar-refractivity contribution in [2.75, 3.05) is 10.6 Å². The molecule has 5 nitrogen and oxygen atoms in total. The highest BCUT2D eigenvalue weighted by Crippen LogP contribution is 2.25. The predicted molar refractivity (Wildman–Crippen MR) is 90.0 cm³/mol. The first-order chi connectivity index (χ1) is 10.9. The summed E-state index contributed by atoms with van der Waals surface area (Å²) in [5.41, 5.74) is 0.595. The van der Waals surface area contributed by atoms with Crippen LogP contribution in [0, 0.1) is 0 Å². The van der Waals surface area contributed by atoms with Crippen LogP contribution < -0.4 is 10.6 Å².